The molecule has 8 bridgehead atoms. The van der Waals surface area contributed by atoms with Gasteiger partial charge in [-0.2, -0.15) is 0 Å². The fraction of sp³-hybridized carbons (Fsp3) is 1.00. The monoisotopic (exact) mass is 492 g/mol. The molecular formula is C36H60. The standard InChI is InChI=1S/C36H60/c1-22(2)26(9)27(10)23(3,4)30(13)32(15)25(7,8)36(20-19-21-36)35(18)31(26,14)24(5,6)28(11,33(27,32)16)29(22,12)34(30,35)17/h19-21H2,1-18H3. The molecule has 36 heavy (non-hydrogen) atoms. The Bertz CT molecular complexity index is 1180. The van der Waals surface area contributed by atoms with Gasteiger partial charge in [-0.1, -0.05) is 131 Å². The molecule has 0 amide bonds. The Morgan fingerprint density at radius 2 is 0.472 bits per heavy atom. The first-order valence-electron chi connectivity index (χ1n) is 15.7. The highest BCUT2D eigenvalue weighted by molar-refractivity contribution is 5.61. The Morgan fingerprint density at radius 1 is 0.250 bits per heavy atom. The molecule has 9 aliphatic carbocycles. The van der Waals surface area contributed by atoms with E-state index in [2.05, 4.69) is 125 Å². The zero-order valence-corrected chi connectivity index (χ0v) is 27.6. The fourth-order valence-electron chi connectivity index (χ4n) is 21.0. The third-order valence-electron chi connectivity index (χ3n) is 23.1. The van der Waals surface area contributed by atoms with Gasteiger partial charge >= 0.3 is 0 Å². The second-order valence-electron chi connectivity index (χ2n) is 19.7. The molecule has 0 nitrogen and oxygen atoms in total. The van der Waals surface area contributed by atoms with Crippen molar-refractivity contribution in [1.29, 1.82) is 0 Å². The van der Waals surface area contributed by atoms with Gasteiger partial charge in [0, 0.05) is 0 Å². The van der Waals surface area contributed by atoms with E-state index in [0.717, 1.165) is 0 Å². The summed E-state index contributed by atoms with van der Waals surface area (Å²) in [6.45, 7) is 51.2. The second kappa shape index (κ2) is 4.68. The molecule has 0 radical (unpaired) electrons. The molecule has 0 heteroatoms. The van der Waals surface area contributed by atoms with E-state index in [0.29, 0.717) is 5.41 Å². The van der Waals surface area contributed by atoms with E-state index in [9.17, 15) is 0 Å². The summed E-state index contributed by atoms with van der Waals surface area (Å²) < 4.78 is 0. The highest BCUT2D eigenvalue weighted by Crippen LogP contribution is 3.18. The van der Waals surface area contributed by atoms with Crippen LogP contribution in [-0.4, -0.2) is 0 Å². The third-order valence-corrected chi connectivity index (χ3v) is 23.1. The number of hydrogen-bond donors (Lipinski definition) is 0. The molecule has 9 fully saturated rings. The van der Waals surface area contributed by atoms with Gasteiger partial charge in [0.05, 0.1) is 0 Å². The molecule has 9 aliphatic rings. The first-order valence-corrected chi connectivity index (χ1v) is 15.7. The molecule has 0 aliphatic heterocycles. The van der Waals surface area contributed by atoms with E-state index in [4.69, 9.17) is 0 Å². The van der Waals surface area contributed by atoms with Gasteiger partial charge in [0.1, 0.15) is 0 Å². The second-order valence-corrected chi connectivity index (χ2v) is 19.7. The Balaban J connectivity index is 1.94. The average Bonchev–Trinajstić information content (AvgIpc) is 2.78. The minimum absolute atomic E-state index is 0.212. The maximum absolute atomic E-state index is 2.93. The van der Waals surface area contributed by atoms with Crippen LogP contribution in [0.1, 0.15) is 144 Å². The van der Waals surface area contributed by atoms with Gasteiger partial charge in [0.15, 0.2) is 0 Å². The van der Waals surface area contributed by atoms with Gasteiger partial charge in [-0.15, -0.1) is 0 Å². The lowest BCUT2D eigenvalue weighted by Gasteiger charge is -3.08. The van der Waals surface area contributed by atoms with E-state index in [1.165, 1.54) is 19.3 Å². The Labute approximate surface area is 224 Å². The SMILES string of the molecule is CC1(C)C2(CCC2)C2(C)C3(C)C(C)(C)C4(C)C5(C)C(C)(C)C3(C)C3(C)C(C)(C)C(C)(C1(C)C34C)C52C. The maximum atomic E-state index is 2.93. The number of hydrogen-bond acceptors (Lipinski definition) is 0. The van der Waals surface area contributed by atoms with Crippen molar-refractivity contribution in [3.8, 4) is 0 Å². The summed E-state index contributed by atoms with van der Waals surface area (Å²) in [6, 6.07) is 0. The predicted molar refractivity (Wildman–Crippen MR) is 152 cm³/mol. The topological polar surface area (TPSA) is 0 Å². The molecule has 10 unspecified atom stereocenters. The smallest absolute Gasteiger partial charge is 0.0131 e. The highest BCUT2D eigenvalue weighted by Gasteiger charge is 3.14. The Kier molecular flexibility index (Phi) is 3.25. The quantitative estimate of drug-likeness (QED) is 0.315. The normalized spacial score (nSPS) is 70.2. The van der Waals surface area contributed by atoms with E-state index in [-0.39, 0.29) is 75.8 Å². The molecule has 0 heterocycles. The zero-order valence-electron chi connectivity index (χ0n) is 27.6. The van der Waals surface area contributed by atoms with Crippen LogP contribution >= 0.6 is 0 Å². The molecule has 0 aromatic carbocycles. The first-order chi connectivity index (χ1) is 15.7. The van der Waals surface area contributed by atoms with Crippen molar-refractivity contribution in [2.75, 3.05) is 0 Å². The predicted octanol–water partition coefficient (Wildman–Crippen LogP) is 10.4. The van der Waals surface area contributed by atoms with Crippen LogP contribution in [0.2, 0.25) is 0 Å². The summed E-state index contributed by atoms with van der Waals surface area (Å²) in [4.78, 5) is 0. The van der Waals surface area contributed by atoms with Crippen LogP contribution in [0.15, 0.2) is 0 Å². The minimum Gasteiger partial charge on any atom is -0.0588 e. The summed E-state index contributed by atoms with van der Waals surface area (Å²) in [5, 5.41) is 0. The molecule has 10 atom stereocenters. The van der Waals surface area contributed by atoms with Crippen molar-refractivity contribution in [1.82, 2.24) is 0 Å². The van der Waals surface area contributed by atoms with Crippen LogP contribution in [0.3, 0.4) is 0 Å². The van der Waals surface area contributed by atoms with Gasteiger partial charge in [-0.3, -0.25) is 0 Å². The van der Waals surface area contributed by atoms with Crippen molar-refractivity contribution in [2.45, 2.75) is 144 Å². The molecule has 9 saturated carbocycles. The summed E-state index contributed by atoms with van der Waals surface area (Å²) in [5.74, 6) is 0. The van der Waals surface area contributed by atoms with Crippen molar-refractivity contribution in [3.05, 3.63) is 0 Å². The molecule has 204 valence electrons. The summed E-state index contributed by atoms with van der Waals surface area (Å²) >= 11 is 0. The summed E-state index contributed by atoms with van der Waals surface area (Å²) in [6.07, 6.45) is 4.32. The molecule has 1 spiro atoms. The van der Waals surface area contributed by atoms with Crippen LogP contribution in [0, 0.1) is 81.2 Å². The van der Waals surface area contributed by atoms with Gasteiger partial charge in [-0.05, 0) is 94.1 Å². The van der Waals surface area contributed by atoms with Crippen molar-refractivity contribution < 1.29 is 0 Å². The Hall–Kier alpha value is 0. The van der Waals surface area contributed by atoms with Crippen molar-refractivity contribution >= 4 is 0 Å². The molecule has 0 saturated heterocycles. The lowest BCUT2D eigenvalue weighted by molar-refractivity contribution is -0.615. The number of rotatable bonds is 0. The van der Waals surface area contributed by atoms with Crippen LogP contribution in [-0.2, 0) is 0 Å². The van der Waals surface area contributed by atoms with E-state index < -0.39 is 0 Å². The molecular weight excluding hydrogens is 432 g/mol. The van der Waals surface area contributed by atoms with E-state index >= 15 is 0 Å². The fourth-order valence-corrected chi connectivity index (χ4v) is 21.0. The van der Waals surface area contributed by atoms with Gasteiger partial charge in [0.2, 0.25) is 0 Å². The van der Waals surface area contributed by atoms with Gasteiger partial charge < -0.3 is 0 Å². The summed E-state index contributed by atoms with van der Waals surface area (Å²) in [7, 11) is 0. The lowest BCUT2D eigenvalue weighted by Crippen LogP contribution is -3.04. The van der Waals surface area contributed by atoms with Gasteiger partial charge in [0.25, 0.3) is 0 Å². The van der Waals surface area contributed by atoms with Gasteiger partial charge in [-0.25, -0.2) is 0 Å². The van der Waals surface area contributed by atoms with Crippen molar-refractivity contribution in [2.24, 2.45) is 81.2 Å². The maximum Gasteiger partial charge on any atom is -0.0131 e. The zero-order chi connectivity index (χ0) is 27.6. The molecule has 0 N–H and O–H groups in total. The third kappa shape index (κ3) is 1.05. The Morgan fingerprint density at radius 3 is 0.750 bits per heavy atom. The van der Waals surface area contributed by atoms with Crippen LogP contribution in [0.4, 0.5) is 0 Å². The van der Waals surface area contributed by atoms with Crippen LogP contribution < -0.4 is 0 Å². The molecule has 9 rings (SSSR count). The first kappa shape index (κ1) is 25.0. The molecule has 0 aromatic rings. The average molecular weight is 493 g/mol. The lowest BCUT2D eigenvalue weighted by atomic mass is 8.95. The van der Waals surface area contributed by atoms with Crippen molar-refractivity contribution in [3.63, 3.8) is 0 Å². The van der Waals surface area contributed by atoms with Crippen LogP contribution in [0.25, 0.3) is 0 Å². The van der Waals surface area contributed by atoms with E-state index in [1.807, 2.05) is 0 Å². The largest absolute Gasteiger partial charge is 0.0588 e. The summed E-state index contributed by atoms with van der Waals surface area (Å²) in [5.41, 5.74) is 3.68. The van der Waals surface area contributed by atoms with E-state index in [1.54, 1.807) is 0 Å². The highest BCUT2D eigenvalue weighted by atomic mass is 15.2. The minimum atomic E-state index is 0.212. The van der Waals surface area contributed by atoms with Crippen LogP contribution in [0.5, 0.6) is 0 Å². The molecule has 0 aromatic heterocycles.